The van der Waals surface area contributed by atoms with E-state index in [1.807, 2.05) is 31.2 Å². The first-order valence-electron chi connectivity index (χ1n) is 6.05. The fourth-order valence-electron chi connectivity index (χ4n) is 1.61. The summed E-state index contributed by atoms with van der Waals surface area (Å²) in [5.74, 6) is -0.191. The molecule has 0 bridgehead atoms. The first kappa shape index (κ1) is 14.8. The van der Waals surface area contributed by atoms with E-state index < -0.39 is 0 Å². The molecule has 0 heterocycles. The summed E-state index contributed by atoms with van der Waals surface area (Å²) in [6.07, 6.45) is 3.27. The molecule has 0 atom stereocenters. The predicted octanol–water partition coefficient (Wildman–Crippen LogP) is 5.06. The fourth-order valence-corrected chi connectivity index (χ4v) is 2.03. The molecule has 0 saturated heterocycles. The SMILES string of the molecule is Cc1ccc(/C=C/C(=O)Nc2ccc(Br)c(Cl)c2)cc1. The van der Waals surface area contributed by atoms with E-state index in [0.717, 1.165) is 10.0 Å². The van der Waals surface area contributed by atoms with Gasteiger partial charge in [-0.3, -0.25) is 4.79 Å². The minimum atomic E-state index is -0.191. The zero-order valence-electron chi connectivity index (χ0n) is 10.9. The van der Waals surface area contributed by atoms with E-state index in [0.29, 0.717) is 10.7 Å². The fraction of sp³-hybridized carbons (Fsp3) is 0.0625. The molecule has 0 aromatic heterocycles. The Labute approximate surface area is 131 Å². The minimum Gasteiger partial charge on any atom is -0.322 e. The molecule has 0 fully saturated rings. The summed E-state index contributed by atoms with van der Waals surface area (Å²) in [6.45, 7) is 2.03. The van der Waals surface area contributed by atoms with Gasteiger partial charge < -0.3 is 5.32 Å². The lowest BCUT2D eigenvalue weighted by atomic mass is 10.1. The lowest BCUT2D eigenvalue weighted by Gasteiger charge is -2.03. The van der Waals surface area contributed by atoms with E-state index in [1.165, 1.54) is 11.6 Å². The number of aryl methyl sites for hydroxylation is 1. The zero-order chi connectivity index (χ0) is 14.5. The van der Waals surface area contributed by atoms with Crippen LogP contribution >= 0.6 is 27.5 Å². The quantitative estimate of drug-likeness (QED) is 0.770. The molecular weight excluding hydrogens is 338 g/mol. The van der Waals surface area contributed by atoms with Crippen LogP contribution in [0.5, 0.6) is 0 Å². The third-order valence-electron chi connectivity index (χ3n) is 2.69. The maximum atomic E-state index is 11.8. The van der Waals surface area contributed by atoms with Gasteiger partial charge in [-0.1, -0.05) is 41.4 Å². The lowest BCUT2D eigenvalue weighted by Crippen LogP contribution is -2.07. The van der Waals surface area contributed by atoms with Crippen molar-refractivity contribution >= 4 is 45.2 Å². The maximum Gasteiger partial charge on any atom is 0.248 e. The van der Waals surface area contributed by atoms with Gasteiger partial charge in [0.15, 0.2) is 0 Å². The van der Waals surface area contributed by atoms with E-state index in [-0.39, 0.29) is 5.91 Å². The van der Waals surface area contributed by atoms with E-state index >= 15 is 0 Å². The second-order valence-corrected chi connectivity index (χ2v) is 5.62. The number of nitrogens with one attached hydrogen (secondary N) is 1. The van der Waals surface area contributed by atoms with Gasteiger partial charge in [0.2, 0.25) is 5.91 Å². The van der Waals surface area contributed by atoms with Gasteiger partial charge in [0.05, 0.1) is 5.02 Å². The standard InChI is InChI=1S/C16H13BrClNO/c1-11-2-4-12(5-3-11)6-9-16(20)19-13-7-8-14(17)15(18)10-13/h2-10H,1H3,(H,19,20)/b9-6+. The van der Waals surface area contributed by atoms with Crippen LogP contribution in [0.25, 0.3) is 6.08 Å². The molecule has 102 valence electrons. The van der Waals surface area contributed by atoms with E-state index in [2.05, 4.69) is 21.2 Å². The van der Waals surface area contributed by atoms with Crippen LogP contribution in [0.4, 0.5) is 5.69 Å². The van der Waals surface area contributed by atoms with Crippen molar-refractivity contribution in [1.82, 2.24) is 0 Å². The molecule has 4 heteroatoms. The second kappa shape index (κ2) is 6.73. The molecule has 0 saturated carbocycles. The Morgan fingerprint density at radius 2 is 1.90 bits per heavy atom. The van der Waals surface area contributed by atoms with Crippen LogP contribution in [0, 0.1) is 6.92 Å². The van der Waals surface area contributed by atoms with Crippen molar-refractivity contribution in [1.29, 1.82) is 0 Å². The highest BCUT2D eigenvalue weighted by atomic mass is 79.9. The number of rotatable bonds is 3. The predicted molar refractivity (Wildman–Crippen MR) is 88.0 cm³/mol. The highest BCUT2D eigenvalue weighted by Crippen LogP contribution is 2.25. The molecule has 0 aliphatic carbocycles. The van der Waals surface area contributed by atoms with Crippen LogP contribution in [-0.2, 0) is 4.79 Å². The van der Waals surface area contributed by atoms with Gasteiger partial charge >= 0.3 is 0 Å². The summed E-state index contributed by atoms with van der Waals surface area (Å²) in [5.41, 5.74) is 2.84. The molecule has 1 amide bonds. The van der Waals surface area contributed by atoms with Gasteiger partial charge in [-0.05, 0) is 52.7 Å². The van der Waals surface area contributed by atoms with Gasteiger partial charge in [-0.15, -0.1) is 0 Å². The molecule has 2 rings (SSSR count). The molecule has 0 aliphatic rings. The van der Waals surface area contributed by atoms with Gasteiger partial charge in [0.25, 0.3) is 0 Å². The molecule has 0 radical (unpaired) electrons. The van der Waals surface area contributed by atoms with Gasteiger partial charge in [0.1, 0.15) is 0 Å². The van der Waals surface area contributed by atoms with Crippen LogP contribution < -0.4 is 5.32 Å². The van der Waals surface area contributed by atoms with E-state index in [1.54, 1.807) is 24.3 Å². The Morgan fingerprint density at radius 1 is 1.20 bits per heavy atom. The number of anilines is 1. The van der Waals surface area contributed by atoms with Crippen LogP contribution in [-0.4, -0.2) is 5.91 Å². The number of carbonyl (C=O) groups excluding carboxylic acids is 1. The number of benzene rings is 2. The molecule has 2 aromatic rings. The van der Waals surface area contributed by atoms with Crippen LogP contribution in [0.1, 0.15) is 11.1 Å². The van der Waals surface area contributed by atoms with Crippen molar-refractivity contribution in [3.63, 3.8) is 0 Å². The van der Waals surface area contributed by atoms with Crippen molar-refractivity contribution in [3.8, 4) is 0 Å². The largest absolute Gasteiger partial charge is 0.322 e. The number of amides is 1. The van der Waals surface area contributed by atoms with Crippen molar-refractivity contribution in [2.45, 2.75) is 6.92 Å². The summed E-state index contributed by atoms with van der Waals surface area (Å²) >= 11 is 9.27. The summed E-state index contributed by atoms with van der Waals surface area (Å²) in [7, 11) is 0. The Balaban J connectivity index is 2.01. The monoisotopic (exact) mass is 349 g/mol. The Kier molecular flexibility index (Phi) is 4.99. The average Bonchev–Trinajstić information content (AvgIpc) is 2.42. The number of carbonyl (C=O) groups is 1. The molecular formula is C16H13BrClNO. The number of hydrogen-bond donors (Lipinski definition) is 1. The summed E-state index contributed by atoms with van der Waals surface area (Å²) < 4.78 is 0.798. The molecule has 0 spiro atoms. The highest BCUT2D eigenvalue weighted by molar-refractivity contribution is 9.10. The third kappa shape index (κ3) is 4.22. The first-order chi connectivity index (χ1) is 9.54. The molecule has 0 unspecified atom stereocenters. The van der Waals surface area contributed by atoms with Gasteiger partial charge in [-0.25, -0.2) is 0 Å². The van der Waals surface area contributed by atoms with Crippen molar-refractivity contribution in [2.75, 3.05) is 5.32 Å². The highest BCUT2D eigenvalue weighted by Gasteiger charge is 2.01. The van der Waals surface area contributed by atoms with Gasteiger partial charge in [-0.2, -0.15) is 0 Å². The zero-order valence-corrected chi connectivity index (χ0v) is 13.2. The van der Waals surface area contributed by atoms with Crippen molar-refractivity contribution < 1.29 is 4.79 Å². The van der Waals surface area contributed by atoms with Gasteiger partial charge in [0, 0.05) is 16.2 Å². The van der Waals surface area contributed by atoms with Crippen LogP contribution in [0.3, 0.4) is 0 Å². The molecule has 0 aliphatic heterocycles. The maximum absolute atomic E-state index is 11.8. The third-order valence-corrected chi connectivity index (χ3v) is 3.92. The lowest BCUT2D eigenvalue weighted by molar-refractivity contribution is -0.111. The average molecular weight is 351 g/mol. The molecule has 2 aromatic carbocycles. The smallest absolute Gasteiger partial charge is 0.248 e. The Hall–Kier alpha value is -1.58. The van der Waals surface area contributed by atoms with Crippen LogP contribution in [0.15, 0.2) is 53.0 Å². The number of halogens is 2. The second-order valence-electron chi connectivity index (χ2n) is 4.36. The van der Waals surface area contributed by atoms with Crippen LogP contribution in [0.2, 0.25) is 5.02 Å². The van der Waals surface area contributed by atoms with Crippen molar-refractivity contribution in [3.05, 3.63) is 69.2 Å². The summed E-state index contributed by atoms with van der Waals surface area (Å²) in [6, 6.07) is 13.2. The summed E-state index contributed by atoms with van der Waals surface area (Å²) in [4.78, 5) is 11.8. The molecule has 20 heavy (non-hydrogen) atoms. The van der Waals surface area contributed by atoms with E-state index in [4.69, 9.17) is 11.6 Å². The van der Waals surface area contributed by atoms with E-state index in [9.17, 15) is 4.79 Å². The molecule has 2 nitrogen and oxygen atoms in total. The Bertz CT molecular complexity index is 650. The summed E-state index contributed by atoms with van der Waals surface area (Å²) in [5, 5.41) is 3.32. The normalized spacial score (nSPS) is 10.8. The van der Waals surface area contributed by atoms with Crippen molar-refractivity contribution in [2.24, 2.45) is 0 Å². The molecule has 1 N–H and O–H groups in total. The number of hydrogen-bond acceptors (Lipinski definition) is 1. The Morgan fingerprint density at radius 3 is 2.55 bits per heavy atom. The minimum absolute atomic E-state index is 0.191. The first-order valence-corrected chi connectivity index (χ1v) is 7.22. The topological polar surface area (TPSA) is 29.1 Å².